The van der Waals surface area contributed by atoms with E-state index in [1.54, 1.807) is 0 Å². The van der Waals surface area contributed by atoms with Crippen LogP contribution < -0.4 is 5.32 Å². The quantitative estimate of drug-likeness (QED) is 0.600. The van der Waals surface area contributed by atoms with Crippen molar-refractivity contribution in [3.63, 3.8) is 0 Å². The molecule has 5 nitrogen and oxygen atoms in total. The molecule has 1 aromatic carbocycles. The second-order valence-electron chi connectivity index (χ2n) is 5.14. The minimum Gasteiger partial charge on any atom is -0.355 e. The Morgan fingerprint density at radius 2 is 2.04 bits per heavy atom. The first-order valence-corrected chi connectivity index (χ1v) is 7.52. The first-order valence-electron chi connectivity index (χ1n) is 7.58. The number of halogens is 1. The van der Waals surface area contributed by atoms with E-state index in [9.17, 15) is 9.18 Å². The van der Waals surface area contributed by atoms with E-state index in [1.807, 2.05) is 13.0 Å². The van der Waals surface area contributed by atoms with Crippen molar-refractivity contribution in [2.24, 2.45) is 5.92 Å². The number of nitrogens with one attached hydrogen (secondary N) is 1. The van der Waals surface area contributed by atoms with Gasteiger partial charge in [-0.2, -0.15) is 9.59 Å². The molecule has 23 heavy (non-hydrogen) atoms. The average Bonchev–Trinajstić information content (AvgIpc) is 3.05. The zero-order chi connectivity index (χ0) is 18.3. The molecule has 3 rings (SSSR count). The van der Waals surface area contributed by atoms with E-state index < -0.39 is 0 Å². The van der Waals surface area contributed by atoms with Gasteiger partial charge in [0.2, 0.25) is 5.91 Å². The molecule has 1 aliphatic carbocycles. The molecule has 1 fully saturated rings. The largest absolute Gasteiger partial charge is 0.373 e. The zero-order valence-electron chi connectivity index (χ0n) is 13.5. The molecule has 0 bridgehead atoms. The summed E-state index contributed by atoms with van der Waals surface area (Å²) in [5.74, 6) is -0.516. The minimum absolute atomic E-state index is 0.00161. The predicted molar refractivity (Wildman–Crippen MR) is 83.8 cm³/mol. The molecule has 0 aromatic heterocycles. The maximum absolute atomic E-state index is 14.1. The van der Waals surface area contributed by atoms with Gasteiger partial charge in [0, 0.05) is 19.8 Å². The number of thiol groups is 1. The molecule has 1 aliphatic heterocycles. The molecule has 0 radical (unpaired) electrons. The number of rotatable bonds is 1. The van der Waals surface area contributed by atoms with Crippen LogP contribution in [-0.4, -0.2) is 25.0 Å². The number of hydrogen-bond acceptors (Lipinski definition) is 4. The maximum Gasteiger partial charge on any atom is 0.373 e. The van der Waals surface area contributed by atoms with E-state index in [4.69, 9.17) is 15.7 Å². The topological polar surface area (TPSA) is 80.3 Å². The minimum atomic E-state index is -0.288. The van der Waals surface area contributed by atoms with Crippen molar-refractivity contribution in [2.75, 3.05) is 6.54 Å². The van der Waals surface area contributed by atoms with E-state index in [1.165, 1.54) is 6.07 Å². The van der Waals surface area contributed by atoms with Crippen LogP contribution in [0.2, 0.25) is 0 Å². The van der Waals surface area contributed by atoms with Crippen LogP contribution in [0.5, 0.6) is 0 Å². The smallest absolute Gasteiger partial charge is 0.355 e. The Balaban J connectivity index is 0.000000423. The number of carbonyl (C=O) groups is 1. The van der Waals surface area contributed by atoms with Gasteiger partial charge in [-0.15, -0.1) is 0 Å². The van der Waals surface area contributed by atoms with Gasteiger partial charge in [-0.1, -0.05) is 13.0 Å². The van der Waals surface area contributed by atoms with Gasteiger partial charge >= 0.3 is 29.8 Å². The van der Waals surface area contributed by atoms with Crippen LogP contribution in [0.4, 0.5) is 4.39 Å². The first kappa shape index (κ1) is 17.6. The molecule has 2 aliphatic rings. The van der Waals surface area contributed by atoms with Crippen LogP contribution in [0.25, 0.3) is 0 Å². The van der Waals surface area contributed by atoms with Crippen molar-refractivity contribution in [3.8, 4) is 0 Å². The number of aryl methyl sites for hydroxylation is 2. The number of amides is 1. The van der Waals surface area contributed by atoms with Crippen LogP contribution in [0, 0.1) is 11.7 Å². The van der Waals surface area contributed by atoms with Gasteiger partial charge < -0.3 is 5.32 Å². The van der Waals surface area contributed by atoms with E-state index in [2.05, 4.69) is 17.8 Å². The van der Waals surface area contributed by atoms with Gasteiger partial charge in [0.15, 0.2) is 0 Å². The molecule has 122 valence electrons. The summed E-state index contributed by atoms with van der Waals surface area (Å²) in [5, 5.41) is 2.78. The molecule has 0 spiro atoms. The number of benzene rings is 1. The fourth-order valence-electron chi connectivity index (χ4n) is 2.84. The molecule has 3 atom stereocenters. The first-order chi connectivity index (χ1) is 11.4. The molecular weight excluding hydrogens is 320 g/mol. The normalized spacial score (nSPS) is 24.6. The van der Waals surface area contributed by atoms with Crippen molar-refractivity contribution >= 4 is 31.0 Å². The molecule has 1 aromatic rings. The molecule has 1 heterocycles. The summed E-state index contributed by atoms with van der Waals surface area (Å²) >= 11 is 3.11. The number of hydrogen-bond donors (Lipinski definition) is 2. The summed E-state index contributed by atoms with van der Waals surface area (Å²) in [6, 6.07) is 3.38. The molecule has 0 saturated carbocycles. The van der Waals surface area contributed by atoms with Crippen LogP contribution in [0.1, 0.15) is 37.3 Å². The molecule has 1 saturated heterocycles. The maximum atomic E-state index is 14.1. The second-order valence-corrected chi connectivity index (χ2v) is 5.36. The SMILES string of the molecule is O=BS.O=C=O.[3H]C1CCc2cc([C@@H]3CNC(=O)[C@H]3C)c(F)cc21. The molecule has 1 N–H and O–H groups in total. The van der Waals surface area contributed by atoms with Gasteiger partial charge in [-0.05, 0) is 42.0 Å². The third-order valence-corrected chi connectivity index (χ3v) is 3.95. The Labute approximate surface area is 141 Å². The standard InChI is InChI=1S/C14H16FNO.CO2.BHOS/c1-8-12(7-16-14(8)17)11-5-9-3-2-4-10(9)6-13(11)15;2*2-1-3/h5-6,8,12H,2-4,7H2,1H3,(H,16,17);;3H/t8-,12+;;/m0../s1/i4T;;/t4?,8-,12+;;. The fourth-order valence-corrected chi connectivity index (χ4v) is 2.84. The molecule has 1 amide bonds. The summed E-state index contributed by atoms with van der Waals surface area (Å²) in [6.45, 7) is 2.35. The summed E-state index contributed by atoms with van der Waals surface area (Å²) in [5.41, 5.74) is 2.54. The second kappa shape index (κ2) is 9.38. The fraction of sp³-hybridized carbons (Fsp3) is 0.467. The van der Waals surface area contributed by atoms with Gasteiger partial charge in [0.25, 0.3) is 0 Å². The van der Waals surface area contributed by atoms with Gasteiger partial charge in [0.1, 0.15) is 5.82 Å². The number of fused-ring (bicyclic) bond motifs is 1. The van der Waals surface area contributed by atoms with E-state index in [0.717, 1.165) is 24.0 Å². The van der Waals surface area contributed by atoms with Crippen molar-refractivity contribution < 1.29 is 24.8 Å². The van der Waals surface area contributed by atoms with Gasteiger partial charge in [0.05, 0.1) is 0 Å². The summed E-state index contributed by atoms with van der Waals surface area (Å²) in [4.78, 5) is 27.7. The van der Waals surface area contributed by atoms with Crippen molar-refractivity contribution in [3.05, 3.63) is 34.6 Å². The Morgan fingerprint density at radius 1 is 1.43 bits per heavy atom. The Morgan fingerprint density at radius 3 is 2.57 bits per heavy atom. The molecule has 8 heteroatoms. The monoisotopic (exact) mass is 339 g/mol. The van der Waals surface area contributed by atoms with Gasteiger partial charge in [-0.3, -0.25) is 4.79 Å². The van der Waals surface area contributed by atoms with E-state index in [0.29, 0.717) is 18.5 Å². The van der Waals surface area contributed by atoms with E-state index in [-0.39, 0.29) is 36.1 Å². The third kappa shape index (κ3) is 4.84. The molecule has 1 unspecified atom stereocenters. The summed E-state index contributed by atoms with van der Waals surface area (Å²) in [7, 11) is 0. The Bertz CT molecular complexity index is 655. The van der Waals surface area contributed by atoms with Crippen LogP contribution in [0.3, 0.4) is 0 Å². The van der Waals surface area contributed by atoms with Crippen LogP contribution >= 0.6 is 12.5 Å². The summed E-state index contributed by atoms with van der Waals surface area (Å²) in [6.07, 6.45) is 2.03. The van der Waals surface area contributed by atoms with Crippen molar-refractivity contribution in [1.82, 2.24) is 5.32 Å². The van der Waals surface area contributed by atoms with Gasteiger partial charge in [-0.25, -0.2) is 4.39 Å². The predicted octanol–water partition coefficient (Wildman–Crippen LogP) is 1.46. The third-order valence-electron chi connectivity index (χ3n) is 3.95. The van der Waals surface area contributed by atoms with Crippen LogP contribution in [-0.2, 0) is 31.9 Å². The Hall–Kier alpha value is -1.79. The average molecular weight is 339 g/mol. The Kier molecular flexibility index (Phi) is 7.16. The van der Waals surface area contributed by atoms with Crippen molar-refractivity contribution in [2.45, 2.75) is 32.1 Å². The zero-order valence-corrected chi connectivity index (χ0v) is 13.4. The van der Waals surface area contributed by atoms with Crippen molar-refractivity contribution in [1.29, 1.82) is 0 Å². The molecular formula is C15H17BFNO4S. The number of carbonyl (C=O) groups excluding carboxylic acids is 3. The summed E-state index contributed by atoms with van der Waals surface area (Å²) < 4.78 is 30.6. The van der Waals surface area contributed by atoms with E-state index >= 15 is 0 Å². The van der Waals surface area contributed by atoms with Crippen LogP contribution in [0.15, 0.2) is 12.1 Å².